The topological polar surface area (TPSA) is 49.9 Å². The molecule has 0 aliphatic carbocycles. The zero-order valence-electron chi connectivity index (χ0n) is 12.7. The minimum Gasteiger partial charge on any atom is -0.468 e. The number of benzene rings is 1. The van der Waals surface area contributed by atoms with Crippen molar-refractivity contribution in [1.82, 2.24) is 4.90 Å². The molecule has 110 valence electrons. The number of carbonyl (C=O) groups excluding carboxylic acids is 2. The van der Waals surface area contributed by atoms with Crippen molar-refractivity contribution in [2.75, 3.05) is 32.6 Å². The normalized spacial score (nSPS) is 10.3. The summed E-state index contributed by atoms with van der Waals surface area (Å²) in [6.07, 6.45) is 0. The molecule has 1 rings (SSSR count). The number of rotatable bonds is 5. The molecule has 0 fully saturated rings. The van der Waals surface area contributed by atoms with Crippen LogP contribution in [-0.2, 0) is 9.53 Å². The van der Waals surface area contributed by atoms with Crippen LogP contribution in [0.25, 0.3) is 0 Å². The summed E-state index contributed by atoms with van der Waals surface area (Å²) in [5, 5.41) is 0. The first-order valence-corrected chi connectivity index (χ1v) is 6.52. The summed E-state index contributed by atoms with van der Waals surface area (Å²) in [6, 6.07) is 7.22. The van der Waals surface area contributed by atoms with Gasteiger partial charge in [0.05, 0.1) is 7.11 Å². The second-order valence-corrected chi connectivity index (χ2v) is 5.04. The second kappa shape index (κ2) is 6.93. The maximum absolute atomic E-state index is 12.4. The van der Waals surface area contributed by atoms with Crippen molar-refractivity contribution in [3.63, 3.8) is 0 Å². The monoisotopic (exact) mass is 278 g/mol. The number of hydrogen-bond donors (Lipinski definition) is 0. The molecule has 0 heterocycles. The Hall–Kier alpha value is -2.04. The van der Waals surface area contributed by atoms with Gasteiger partial charge in [-0.15, -0.1) is 0 Å². The fourth-order valence-corrected chi connectivity index (χ4v) is 1.76. The van der Waals surface area contributed by atoms with Gasteiger partial charge in [-0.25, -0.2) is 0 Å². The van der Waals surface area contributed by atoms with Crippen LogP contribution in [0.1, 0.15) is 24.2 Å². The Morgan fingerprint density at radius 2 is 1.70 bits per heavy atom. The zero-order valence-corrected chi connectivity index (χ0v) is 12.7. The Morgan fingerprint density at radius 3 is 2.10 bits per heavy atom. The van der Waals surface area contributed by atoms with E-state index in [0.29, 0.717) is 5.56 Å². The molecule has 5 nitrogen and oxygen atoms in total. The SMILES string of the molecule is COC(=O)CN(C(=O)c1ccc(N(C)C)cc1)C(C)C. The van der Waals surface area contributed by atoms with Crippen LogP contribution in [0.5, 0.6) is 0 Å². The van der Waals surface area contributed by atoms with Crippen molar-refractivity contribution in [2.45, 2.75) is 19.9 Å². The lowest BCUT2D eigenvalue weighted by Crippen LogP contribution is -2.41. The van der Waals surface area contributed by atoms with Crippen LogP contribution in [0.15, 0.2) is 24.3 Å². The average molecular weight is 278 g/mol. The smallest absolute Gasteiger partial charge is 0.325 e. The quantitative estimate of drug-likeness (QED) is 0.770. The number of nitrogens with zero attached hydrogens (tertiary/aromatic N) is 2. The lowest BCUT2D eigenvalue weighted by atomic mass is 10.1. The summed E-state index contributed by atoms with van der Waals surface area (Å²) in [7, 11) is 5.19. The third kappa shape index (κ3) is 3.98. The third-order valence-electron chi connectivity index (χ3n) is 3.04. The molecule has 0 radical (unpaired) electrons. The van der Waals surface area contributed by atoms with E-state index >= 15 is 0 Å². The number of methoxy groups -OCH3 is 1. The molecule has 0 aliphatic heterocycles. The fraction of sp³-hybridized carbons (Fsp3) is 0.467. The van der Waals surface area contributed by atoms with Gasteiger partial charge < -0.3 is 14.5 Å². The number of esters is 1. The number of anilines is 1. The van der Waals surface area contributed by atoms with Gasteiger partial charge >= 0.3 is 5.97 Å². The van der Waals surface area contributed by atoms with Gasteiger partial charge in [-0.05, 0) is 38.1 Å². The number of ether oxygens (including phenoxy) is 1. The molecule has 1 aromatic carbocycles. The van der Waals surface area contributed by atoms with Crippen molar-refractivity contribution >= 4 is 17.6 Å². The van der Waals surface area contributed by atoms with Gasteiger partial charge in [0.25, 0.3) is 5.91 Å². The molecule has 0 saturated carbocycles. The predicted molar refractivity (Wildman–Crippen MR) is 79.0 cm³/mol. The molecule has 0 aliphatic rings. The Labute approximate surface area is 120 Å². The van der Waals surface area contributed by atoms with Crippen molar-refractivity contribution in [3.05, 3.63) is 29.8 Å². The lowest BCUT2D eigenvalue weighted by molar-refractivity contribution is -0.141. The Kier molecular flexibility index (Phi) is 5.55. The molecule has 5 heteroatoms. The van der Waals surface area contributed by atoms with Gasteiger partial charge in [0.2, 0.25) is 0 Å². The standard InChI is InChI=1S/C15H22N2O3/c1-11(2)17(10-14(18)20-5)15(19)12-6-8-13(9-7-12)16(3)4/h6-9,11H,10H2,1-5H3. The molecule has 0 spiro atoms. The first kappa shape index (κ1) is 16.0. The zero-order chi connectivity index (χ0) is 15.3. The van der Waals surface area contributed by atoms with E-state index in [0.717, 1.165) is 5.69 Å². The van der Waals surface area contributed by atoms with Gasteiger partial charge in [0.1, 0.15) is 6.54 Å². The van der Waals surface area contributed by atoms with Crippen molar-refractivity contribution in [3.8, 4) is 0 Å². The van der Waals surface area contributed by atoms with Crippen molar-refractivity contribution in [2.24, 2.45) is 0 Å². The number of hydrogen-bond acceptors (Lipinski definition) is 4. The first-order chi connectivity index (χ1) is 9.36. The number of carbonyl (C=O) groups is 2. The summed E-state index contributed by atoms with van der Waals surface area (Å²) >= 11 is 0. The minimum atomic E-state index is -0.419. The molecular weight excluding hydrogens is 256 g/mol. The summed E-state index contributed by atoms with van der Waals surface area (Å²) in [6.45, 7) is 3.70. The van der Waals surface area contributed by atoms with Gasteiger partial charge in [0.15, 0.2) is 0 Å². The summed E-state index contributed by atoms with van der Waals surface area (Å²) in [5.74, 6) is -0.590. The van der Waals surface area contributed by atoms with Gasteiger partial charge in [0, 0.05) is 31.4 Å². The molecule has 0 aromatic heterocycles. The molecule has 0 N–H and O–H groups in total. The highest BCUT2D eigenvalue weighted by Crippen LogP contribution is 2.15. The van der Waals surface area contributed by atoms with Gasteiger partial charge in [-0.3, -0.25) is 9.59 Å². The average Bonchev–Trinajstić information content (AvgIpc) is 2.43. The maximum atomic E-state index is 12.4. The highest BCUT2D eigenvalue weighted by atomic mass is 16.5. The Bertz CT molecular complexity index is 467. The van der Waals surface area contributed by atoms with E-state index < -0.39 is 5.97 Å². The molecule has 0 saturated heterocycles. The third-order valence-corrected chi connectivity index (χ3v) is 3.04. The summed E-state index contributed by atoms with van der Waals surface area (Å²) in [4.78, 5) is 27.3. The molecular formula is C15H22N2O3. The van der Waals surface area contributed by atoms with E-state index in [2.05, 4.69) is 4.74 Å². The van der Waals surface area contributed by atoms with Crippen LogP contribution in [0.3, 0.4) is 0 Å². The predicted octanol–water partition coefficient (Wildman–Crippen LogP) is 1.78. The van der Waals surface area contributed by atoms with Crippen LogP contribution in [0.4, 0.5) is 5.69 Å². The van der Waals surface area contributed by atoms with Gasteiger partial charge in [-0.1, -0.05) is 0 Å². The largest absolute Gasteiger partial charge is 0.468 e. The highest BCUT2D eigenvalue weighted by molar-refractivity contribution is 5.96. The van der Waals surface area contributed by atoms with E-state index in [4.69, 9.17) is 0 Å². The van der Waals surface area contributed by atoms with Crippen LogP contribution >= 0.6 is 0 Å². The van der Waals surface area contributed by atoms with Crippen LogP contribution in [0.2, 0.25) is 0 Å². The van der Waals surface area contributed by atoms with Gasteiger partial charge in [-0.2, -0.15) is 0 Å². The van der Waals surface area contributed by atoms with Crippen molar-refractivity contribution in [1.29, 1.82) is 0 Å². The molecule has 20 heavy (non-hydrogen) atoms. The second-order valence-electron chi connectivity index (χ2n) is 5.04. The Morgan fingerprint density at radius 1 is 1.15 bits per heavy atom. The summed E-state index contributed by atoms with van der Waals surface area (Å²) in [5.41, 5.74) is 1.58. The van der Waals surface area contributed by atoms with Crippen LogP contribution in [-0.4, -0.2) is 50.6 Å². The fourth-order valence-electron chi connectivity index (χ4n) is 1.76. The Balaban J connectivity index is 2.91. The van der Waals surface area contributed by atoms with E-state index in [-0.39, 0.29) is 18.5 Å². The van der Waals surface area contributed by atoms with Crippen molar-refractivity contribution < 1.29 is 14.3 Å². The molecule has 1 aromatic rings. The van der Waals surface area contributed by atoms with Crippen LogP contribution in [0, 0.1) is 0 Å². The molecule has 0 unspecified atom stereocenters. The van der Waals surface area contributed by atoms with E-state index in [1.54, 1.807) is 12.1 Å². The molecule has 0 atom stereocenters. The van der Waals surface area contributed by atoms with E-state index in [9.17, 15) is 9.59 Å². The number of amides is 1. The first-order valence-electron chi connectivity index (χ1n) is 6.52. The minimum absolute atomic E-state index is 0.0393. The molecule has 0 bridgehead atoms. The van der Waals surface area contributed by atoms with E-state index in [1.165, 1.54) is 12.0 Å². The van der Waals surface area contributed by atoms with Crippen LogP contribution < -0.4 is 4.90 Å². The highest BCUT2D eigenvalue weighted by Gasteiger charge is 2.21. The lowest BCUT2D eigenvalue weighted by Gasteiger charge is -2.25. The molecule has 1 amide bonds. The van der Waals surface area contributed by atoms with E-state index in [1.807, 2.05) is 45.0 Å². The maximum Gasteiger partial charge on any atom is 0.325 e. The summed E-state index contributed by atoms with van der Waals surface area (Å²) < 4.78 is 4.63.